The molecule has 0 atom stereocenters. The molecule has 0 fully saturated rings. The predicted octanol–water partition coefficient (Wildman–Crippen LogP) is 14.8. The number of rotatable bonds is 6. The van der Waals surface area contributed by atoms with Crippen LogP contribution in [0.4, 0.5) is 17.1 Å². The molecule has 0 saturated heterocycles. The van der Waals surface area contributed by atoms with Crippen LogP contribution in [0.15, 0.2) is 188 Å². The van der Waals surface area contributed by atoms with Gasteiger partial charge in [-0.2, -0.15) is 0 Å². The van der Waals surface area contributed by atoms with Crippen molar-refractivity contribution >= 4 is 17.1 Å². The first-order valence-corrected chi connectivity index (χ1v) is 19.4. The number of hydrogen-bond donors (Lipinski definition) is 0. The molecule has 10 rings (SSSR count). The van der Waals surface area contributed by atoms with Crippen molar-refractivity contribution in [2.75, 3.05) is 4.90 Å². The Morgan fingerprint density at radius 2 is 0.618 bits per heavy atom. The van der Waals surface area contributed by atoms with Gasteiger partial charge < -0.3 is 4.90 Å². The molecule has 0 unspecified atom stereocenters. The molecule has 2 aliphatic carbocycles. The van der Waals surface area contributed by atoms with Crippen LogP contribution in [0.2, 0.25) is 0 Å². The van der Waals surface area contributed by atoms with Crippen LogP contribution >= 0.6 is 0 Å². The van der Waals surface area contributed by atoms with Gasteiger partial charge in [-0.15, -0.1) is 0 Å². The molecule has 1 heteroatoms. The highest BCUT2D eigenvalue weighted by Gasteiger charge is 2.38. The van der Waals surface area contributed by atoms with Gasteiger partial charge in [0.2, 0.25) is 0 Å². The zero-order valence-electron chi connectivity index (χ0n) is 31.8. The molecule has 0 aromatic heterocycles. The van der Waals surface area contributed by atoms with Crippen LogP contribution in [-0.2, 0) is 10.8 Å². The monoisotopic (exact) mass is 705 g/mol. The maximum atomic E-state index is 2.45. The summed E-state index contributed by atoms with van der Waals surface area (Å²) >= 11 is 0. The largest absolute Gasteiger partial charge is 0.310 e. The molecular weight excluding hydrogens is 663 g/mol. The van der Waals surface area contributed by atoms with E-state index in [-0.39, 0.29) is 10.8 Å². The van der Waals surface area contributed by atoms with E-state index in [9.17, 15) is 0 Å². The van der Waals surface area contributed by atoms with Crippen LogP contribution in [-0.4, -0.2) is 0 Å². The normalized spacial score (nSPS) is 14.1. The average molecular weight is 706 g/mol. The number of hydrogen-bond acceptors (Lipinski definition) is 1. The second kappa shape index (κ2) is 12.6. The van der Waals surface area contributed by atoms with Crippen molar-refractivity contribution in [3.8, 4) is 55.6 Å². The van der Waals surface area contributed by atoms with E-state index in [1.165, 1.54) is 83.6 Å². The third-order valence-corrected chi connectivity index (χ3v) is 12.3. The fraction of sp³-hybridized carbons (Fsp3) is 0.111. The summed E-state index contributed by atoms with van der Waals surface area (Å²) in [5.41, 5.74) is 21.4. The smallest absolute Gasteiger partial charge is 0.0465 e. The SMILES string of the molecule is CC1(C)c2ccccc2-c2ccc(N(c3ccc(-c4ccccc4)cc3)c3ccc4c(c3)C(C)(C)c3cc(-c5ccc(-c6ccccc6)cc5)ccc3-4)cc21. The lowest BCUT2D eigenvalue weighted by molar-refractivity contribution is 0.660. The van der Waals surface area contributed by atoms with E-state index in [4.69, 9.17) is 0 Å². The topological polar surface area (TPSA) is 3.24 Å². The standard InChI is InChI=1S/C54H43N/c1-53(2)49-18-12-11-17-45(49)47-31-28-43(34-51(47)53)55(42-26-23-39(24-27-42)37-15-9-6-10-16-37)44-29-32-48-46-30-25-41(33-50(46)54(3,4)52(48)35-44)40-21-19-38(20-22-40)36-13-7-5-8-14-36/h5-35H,1-4H3. The van der Waals surface area contributed by atoms with E-state index >= 15 is 0 Å². The van der Waals surface area contributed by atoms with Crippen molar-refractivity contribution in [1.29, 1.82) is 0 Å². The van der Waals surface area contributed by atoms with Gasteiger partial charge in [0.25, 0.3) is 0 Å². The molecule has 0 radical (unpaired) electrons. The molecule has 0 heterocycles. The summed E-state index contributed by atoms with van der Waals surface area (Å²) in [6, 6.07) is 69.5. The minimum Gasteiger partial charge on any atom is -0.310 e. The maximum absolute atomic E-state index is 2.45. The van der Waals surface area contributed by atoms with Crippen LogP contribution in [0.5, 0.6) is 0 Å². The van der Waals surface area contributed by atoms with Crippen LogP contribution in [0.1, 0.15) is 49.9 Å². The van der Waals surface area contributed by atoms with E-state index in [0.29, 0.717) is 0 Å². The summed E-state index contributed by atoms with van der Waals surface area (Å²) in [7, 11) is 0. The van der Waals surface area contributed by atoms with Gasteiger partial charge in [0.1, 0.15) is 0 Å². The number of benzene rings is 8. The second-order valence-corrected chi connectivity index (χ2v) is 16.2. The molecule has 8 aromatic rings. The highest BCUT2D eigenvalue weighted by molar-refractivity contribution is 5.89. The van der Waals surface area contributed by atoms with E-state index in [1.807, 2.05) is 0 Å². The summed E-state index contributed by atoms with van der Waals surface area (Å²) in [6.07, 6.45) is 0. The lowest BCUT2D eigenvalue weighted by Crippen LogP contribution is -2.18. The van der Waals surface area contributed by atoms with Gasteiger partial charge >= 0.3 is 0 Å². The molecule has 0 spiro atoms. The van der Waals surface area contributed by atoms with Gasteiger partial charge in [-0.25, -0.2) is 0 Å². The molecule has 0 saturated carbocycles. The number of fused-ring (bicyclic) bond motifs is 6. The molecule has 264 valence electrons. The van der Waals surface area contributed by atoms with Crippen LogP contribution in [0.3, 0.4) is 0 Å². The van der Waals surface area contributed by atoms with Gasteiger partial charge in [0, 0.05) is 27.9 Å². The lowest BCUT2D eigenvalue weighted by atomic mass is 9.81. The Bertz CT molecular complexity index is 2720. The minimum atomic E-state index is -0.176. The molecule has 2 aliphatic rings. The van der Waals surface area contributed by atoms with E-state index in [1.54, 1.807) is 0 Å². The molecule has 1 nitrogen and oxygen atoms in total. The van der Waals surface area contributed by atoms with E-state index in [0.717, 1.165) is 11.4 Å². The summed E-state index contributed by atoms with van der Waals surface area (Å²) in [5, 5.41) is 0. The quantitative estimate of drug-likeness (QED) is 0.166. The molecule has 0 aliphatic heterocycles. The first-order chi connectivity index (χ1) is 26.8. The summed E-state index contributed by atoms with van der Waals surface area (Å²) in [4.78, 5) is 2.45. The first-order valence-electron chi connectivity index (χ1n) is 19.4. The van der Waals surface area contributed by atoms with Gasteiger partial charge in [0.05, 0.1) is 0 Å². The van der Waals surface area contributed by atoms with Gasteiger partial charge in [0.15, 0.2) is 0 Å². The van der Waals surface area contributed by atoms with Gasteiger partial charge in [-0.1, -0.05) is 173 Å². The zero-order valence-corrected chi connectivity index (χ0v) is 31.8. The molecule has 0 bridgehead atoms. The Balaban J connectivity index is 1.06. The number of anilines is 3. The van der Waals surface area contributed by atoms with Crippen molar-refractivity contribution in [1.82, 2.24) is 0 Å². The number of nitrogens with zero attached hydrogens (tertiary/aromatic N) is 1. The predicted molar refractivity (Wildman–Crippen MR) is 233 cm³/mol. The van der Waals surface area contributed by atoms with Crippen LogP contribution < -0.4 is 4.90 Å². The Hall–Kier alpha value is -6.44. The average Bonchev–Trinajstić information content (AvgIpc) is 3.60. The van der Waals surface area contributed by atoms with Gasteiger partial charge in [-0.3, -0.25) is 0 Å². The van der Waals surface area contributed by atoms with Crippen LogP contribution in [0.25, 0.3) is 55.6 Å². The third-order valence-electron chi connectivity index (χ3n) is 12.3. The Labute approximate surface area is 325 Å². The Morgan fingerprint density at radius 3 is 1.16 bits per heavy atom. The van der Waals surface area contributed by atoms with Gasteiger partial charge in [-0.05, 0) is 120 Å². The fourth-order valence-corrected chi connectivity index (χ4v) is 9.24. The van der Waals surface area contributed by atoms with Crippen molar-refractivity contribution in [2.45, 2.75) is 38.5 Å². The molecule has 0 amide bonds. The van der Waals surface area contributed by atoms with Crippen molar-refractivity contribution < 1.29 is 0 Å². The fourth-order valence-electron chi connectivity index (χ4n) is 9.24. The summed E-state index contributed by atoms with van der Waals surface area (Å²) < 4.78 is 0. The van der Waals surface area contributed by atoms with Crippen molar-refractivity contribution in [3.63, 3.8) is 0 Å². The van der Waals surface area contributed by atoms with Crippen molar-refractivity contribution in [2.24, 2.45) is 0 Å². The molecule has 8 aromatic carbocycles. The second-order valence-electron chi connectivity index (χ2n) is 16.2. The summed E-state index contributed by atoms with van der Waals surface area (Å²) in [5.74, 6) is 0. The van der Waals surface area contributed by atoms with Crippen LogP contribution in [0, 0.1) is 0 Å². The van der Waals surface area contributed by atoms with E-state index in [2.05, 4.69) is 221 Å². The maximum Gasteiger partial charge on any atom is 0.0465 e. The highest BCUT2D eigenvalue weighted by atomic mass is 15.1. The Kier molecular flexibility index (Phi) is 7.58. The third kappa shape index (κ3) is 5.37. The molecular formula is C54H43N. The molecule has 55 heavy (non-hydrogen) atoms. The first kappa shape index (κ1) is 33.2. The minimum absolute atomic E-state index is 0.0914. The Morgan fingerprint density at radius 1 is 0.273 bits per heavy atom. The zero-order chi connectivity index (χ0) is 37.3. The van der Waals surface area contributed by atoms with Crippen molar-refractivity contribution in [3.05, 3.63) is 210 Å². The summed E-state index contributed by atoms with van der Waals surface area (Å²) in [6.45, 7) is 9.50. The highest BCUT2D eigenvalue weighted by Crippen LogP contribution is 2.53. The van der Waals surface area contributed by atoms with E-state index < -0.39 is 0 Å². The molecule has 0 N–H and O–H groups in total. The lowest BCUT2D eigenvalue weighted by Gasteiger charge is -2.30.